The van der Waals surface area contributed by atoms with E-state index in [1.165, 1.54) is 24.2 Å². The number of hydrogen-bond donors (Lipinski definition) is 2. The summed E-state index contributed by atoms with van der Waals surface area (Å²) in [7, 11) is 0. The highest BCUT2D eigenvalue weighted by atomic mass is 32.1. The predicted molar refractivity (Wildman–Crippen MR) is 55.3 cm³/mol. The number of quaternary nitrogens is 1. The van der Waals surface area contributed by atoms with Gasteiger partial charge >= 0.3 is 0 Å². The molecule has 0 unspecified atom stereocenters. The van der Waals surface area contributed by atoms with Gasteiger partial charge in [-0.3, -0.25) is 10.1 Å². The van der Waals surface area contributed by atoms with Crippen molar-refractivity contribution in [2.75, 3.05) is 11.9 Å². The second kappa shape index (κ2) is 4.06. The first kappa shape index (κ1) is 9.61. The lowest BCUT2D eigenvalue weighted by atomic mass is 10.5. The van der Waals surface area contributed by atoms with Crippen LogP contribution < -0.4 is 10.6 Å². The van der Waals surface area contributed by atoms with Gasteiger partial charge in [0.2, 0.25) is 0 Å². The molecule has 0 spiro atoms. The van der Waals surface area contributed by atoms with Crippen LogP contribution in [0.25, 0.3) is 0 Å². The molecule has 0 aliphatic heterocycles. The zero-order chi connectivity index (χ0) is 9.97. The summed E-state index contributed by atoms with van der Waals surface area (Å²) in [4.78, 5) is 15.5. The van der Waals surface area contributed by atoms with Gasteiger partial charge in [0.15, 0.2) is 11.7 Å². The molecule has 0 bridgehead atoms. The van der Waals surface area contributed by atoms with E-state index in [9.17, 15) is 4.79 Å². The van der Waals surface area contributed by atoms with E-state index < -0.39 is 0 Å². The number of nitrogens with one attached hydrogen (secondary N) is 1. The molecule has 1 aliphatic carbocycles. The van der Waals surface area contributed by atoms with Crippen molar-refractivity contribution in [3.05, 3.63) is 11.1 Å². The summed E-state index contributed by atoms with van der Waals surface area (Å²) in [6.07, 6.45) is 2.51. The van der Waals surface area contributed by atoms with Crippen LogP contribution in [0.4, 0.5) is 5.13 Å². The monoisotopic (exact) mass is 212 g/mol. The first-order valence-electron chi connectivity index (χ1n) is 4.79. The van der Waals surface area contributed by atoms with Gasteiger partial charge in [0.05, 0.1) is 11.7 Å². The van der Waals surface area contributed by atoms with Gasteiger partial charge in [-0.2, -0.15) is 0 Å². The van der Waals surface area contributed by atoms with Crippen LogP contribution in [0.15, 0.2) is 5.38 Å². The van der Waals surface area contributed by atoms with Crippen LogP contribution in [0.1, 0.15) is 18.5 Å². The molecule has 2 rings (SSSR count). The van der Waals surface area contributed by atoms with Crippen molar-refractivity contribution in [3.63, 3.8) is 0 Å². The van der Waals surface area contributed by atoms with E-state index in [2.05, 4.69) is 15.6 Å². The van der Waals surface area contributed by atoms with E-state index >= 15 is 0 Å². The molecule has 1 saturated carbocycles. The van der Waals surface area contributed by atoms with Crippen LogP contribution in [0.3, 0.4) is 0 Å². The number of anilines is 1. The Morgan fingerprint density at radius 2 is 2.57 bits per heavy atom. The third-order valence-corrected chi connectivity index (χ3v) is 3.00. The highest BCUT2D eigenvalue weighted by molar-refractivity contribution is 7.13. The number of aromatic nitrogens is 1. The van der Waals surface area contributed by atoms with Gasteiger partial charge in [-0.1, -0.05) is 0 Å². The summed E-state index contributed by atoms with van der Waals surface area (Å²) in [6, 6.07) is 0.693. The molecule has 1 amide bonds. The maximum Gasteiger partial charge on any atom is 0.281 e. The second-order valence-electron chi connectivity index (χ2n) is 3.62. The van der Waals surface area contributed by atoms with Crippen molar-refractivity contribution in [2.24, 2.45) is 0 Å². The van der Waals surface area contributed by atoms with Gasteiger partial charge in [-0.05, 0) is 6.92 Å². The number of amides is 1. The third-order valence-electron chi connectivity index (χ3n) is 2.12. The Morgan fingerprint density at radius 1 is 1.79 bits per heavy atom. The van der Waals surface area contributed by atoms with Gasteiger partial charge in [0.25, 0.3) is 5.91 Å². The summed E-state index contributed by atoms with van der Waals surface area (Å²) >= 11 is 1.47. The molecule has 1 aromatic rings. The minimum Gasteiger partial charge on any atom is -0.336 e. The van der Waals surface area contributed by atoms with Crippen LogP contribution in [-0.4, -0.2) is 23.5 Å². The smallest absolute Gasteiger partial charge is 0.281 e. The number of nitrogens with two attached hydrogens (primary N) is 1. The number of carbonyl (C=O) groups is 1. The fraction of sp³-hybridized carbons (Fsp3) is 0.556. The molecule has 0 aromatic carbocycles. The summed E-state index contributed by atoms with van der Waals surface area (Å²) in [5.41, 5.74) is 0.955. The summed E-state index contributed by atoms with van der Waals surface area (Å²) in [6.45, 7) is 2.44. The lowest BCUT2D eigenvalue weighted by Crippen LogP contribution is -2.87. The van der Waals surface area contributed by atoms with Gasteiger partial charge in [0, 0.05) is 18.2 Å². The van der Waals surface area contributed by atoms with Crippen molar-refractivity contribution >= 4 is 22.4 Å². The third kappa shape index (κ3) is 2.78. The number of aryl methyl sites for hydroxylation is 1. The van der Waals surface area contributed by atoms with Crippen LogP contribution in [0.5, 0.6) is 0 Å². The average Bonchev–Trinajstić information content (AvgIpc) is 2.88. The molecule has 1 fully saturated rings. The first-order valence-corrected chi connectivity index (χ1v) is 5.67. The SMILES string of the molecule is Cc1csc(NC(=O)C[NH2+]C2CC2)n1. The van der Waals surface area contributed by atoms with E-state index in [0.29, 0.717) is 17.7 Å². The Balaban J connectivity index is 1.75. The van der Waals surface area contributed by atoms with E-state index in [1.54, 1.807) is 0 Å². The minimum absolute atomic E-state index is 0.0475. The molecular formula is C9H14N3OS+. The van der Waals surface area contributed by atoms with Crippen molar-refractivity contribution in [1.29, 1.82) is 0 Å². The first-order chi connectivity index (χ1) is 6.74. The van der Waals surface area contributed by atoms with Crippen molar-refractivity contribution in [3.8, 4) is 0 Å². The van der Waals surface area contributed by atoms with Crippen molar-refractivity contribution in [1.82, 2.24) is 4.98 Å². The zero-order valence-electron chi connectivity index (χ0n) is 8.12. The molecule has 5 heteroatoms. The highest BCUT2D eigenvalue weighted by Crippen LogP contribution is 2.14. The lowest BCUT2D eigenvalue weighted by molar-refractivity contribution is -0.657. The molecule has 3 N–H and O–H groups in total. The molecule has 1 heterocycles. The van der Waals surface area contributed by atoms with Crippen molar-refractivity contribution < 1.29 is 10.1 Å². The van der Waals surface area contributed by atoms with Gasteiger partial charge < -0.3 is 5.32 Å². The molecule has 1 aliphatic rings. The minimum atomic E-state index is 0.0475. The molecule has 0 radical (unpaired) electrons. The highest BCUT2D eigenvalue weighted by Gasteiger charge is 2.25. The zero-order valence-corrected chi connectivity index (χ0v) is 8.93. The fourth-order valence-electron chi connectivity index (χ4n) is 1.19. The maximum absolute atomic E-state index is 11.4. The number of nitrogens with zero attached hydrogens (tertiary/aromatic N) is 1. The quantitative estimate of drug-likeness (QED) is 0.744. The molecule has 4 nitrogen and oxygen atoms in total. The van der Waals surface area contributed by atoms with Gasteiger partial charge in [0.1, 0.15) is 0 Å². The Hall–Kier alpha value is -0.940. The second-order valence-corrected chi connectivity index (χ2v) is 4.48. The normalized spacial score (nSPS) is 15.5. The lowest BCUT2D eigenvalue weighted by Gasteiger charge is -1.99. The Labute approximate surface area is 86.7 Å². The summed E-state index contributed by atoms with van der Waals surface area (Å²) in [5.74, 6) is 0.0475. The standard InChI is InChI=1S/C9H13N3OS/c1-6-5-14-9(11-6)12-8(13)4-10-7-2-3-7/h5,7,10H,2-4H2,1H3,(H,11,12,13)/p+1. The van der Waals surface area contributed by atoms with Gasteiger partial charge in [-0.25, -0.2) is 4.98 Å². The molecule has 1 aromatic heterocycles. The molecule has 76 valence electrons. The fourth-order valence-corrected chi connectivity index (χ4v) is 1.89. The van der Waals surface area contributed by atoms with Crippen LogP contribution in [-0.2, 0) is 4.79 Å². The number of hydrogen-bond acceptors (Lipinski definition) is 3. The number of thiazole rings is 1. The van der Waals surface area contributed by atoms with Crippen LogP contribution in [0.2, 0.25) is 0 Å². The molecular weight excluding hydrogens is 198 g/mol. The predicted octanol–water partition coefficient (Wildman–Crippen LogP) is 0.116. The van der Waals surface area contributed by atoms with E-state index in [4.69, 9.17) is 0 Å². The summed E-state index contributed by atoms with van der Waals surface area (Å²) < 4.78 is 0. The average molecular weight is 212 g/mol. The number of rotatable bonds is 4. The summed E-state index contributed by atoms with van der Waals surface area (Å²) in [5, 5.41) is 7.51. The van der Waals surface area contributed by atoms with Crippen LogP contribution >= 0.6 is 11.3 Å². The maximum atomic E-state index is 11.4. The Bertz CT molecular complexity index is 333. The topological polar surface area (TPSA) is 58.6 Å². The molecule has 0 saturated heterocycles. The van der Waals surface area contributed by atoms with Crippen LogP contribution in [0, 0.1) is 6.92 Å². The molecule has 0 atom stereocenters. The Morgan fingerprint density at radius 3 is 3.14 bits per heavy atom. The van der Waals surface area contributed by atoms with E-state index in [0.717, 1.165) is 5.69 Å². The Kier molecular flexibility index (Phi) is 2.79. The van der Waals surface area contributed by atoms with Crippen molar-refractivity contribution in [2.45, 2.75) is 25.8 Å². The van der Waals surface area contributed by atoms with E-state index in [1.807, 2.05) is 12.3 Å². The largest absolute Gasteiger partial charge is 0.336 e. The van der Waals surface area contributed by atoms with Gasteiger partial charge in [-0.15, -0.1) is 11.3 Å². The van der Waals surface area contributed by atoms with E-state index in [-0.39, 0.29) is 5.91 Å². The number of carbonyl (C=O) groups excluding carboxylic acids is 1. The molecule has 14 heavy (non-hydrogen) atoms.